The fraction of sp³-hybridized carbons (Fsp3) is 0.360. The predicted molar refractivity (Wildman–Crippen MR) is 119 cm³/mol. The summed E-state index contributed by atoms with van der Waals surface area (Å²) in [6, 6.07) is 20.6. The average Bonchev–Trinajstić information content (AvgIpc) is 3.19. The van der Waals surface area contributed by atoms with Gasteiger partial charge in [0, 0.05) is 45.2 Å². The van der Waals surface area contributed by atoms with Crippen LogP contribution < -0.4 is 0 Å². The first-order chi connectivity index (χ1) is 15.1. The Morgan fingerprint density at radius 3 is 2.61 bits per heavy atom. The molecule has 0 saturated heterocycles. The molecule has 3 rings (SSSR count). The van der Waals surface area contributed by atoms with Crippen LogP contribution in [0.4, 0.5) is 4.39 Å². The van der Waals surface area contributed by atoms with Crippen molar-refractivity contribution < 1.29 is 19.0 Å². The lowest BCUT2D eigenvalue weighted by molar-refractivity contribution is 0.00443. The molecule has 0 aliphatic carbocycles. The minimum absolute atomic E-state index is 0.230. The van der Waals surface area contributed by atoms with E-state index in [2.05, 4.69) is 15.5 Å². The van der Waals surface area contributed by atoms with Gasteiger partial charge in [0.15, 0.2) is 0 Å². The van der Waals surface area contributed by atoms with Crippen molar-refractivity contribution in [3.63, 3.8) is 0 Å². The van der Waals surface area contributed by atoms with Crippen LogP contribution in [0.15, 0.2) is 72.9 Å². The second kappa shape index (κ2) is 12.4. The Bertz CT molecular complexity index is 901. The Kier molecular flexibility index (Phi) is 9.24. The molecule has 0 spiro atoms. The predicted octanol–water partition coefficient (Wildman–Crippen LogP) is 3.70. The molecule has 6 heteroatoms. The van der Waals surface area contributed by atoms with Crippen LogP contribution in [0.2, 0.25) is 0 Å². The van der Waals surface area contributed by atoms with Gasteiger partial charge >= 0.3 is 0 Å². The van der Waals surface area contributed by atoms with Gasteiger partial charge in [0.05, 0.1) is 25.9 Å². The smallest absolute Gasteiger partial charge is 0.123 e. The summed E-state index contributed by atoms with van der Waals surface area (Å²) in [6.45, 7) is 3.74. The SMILES string of the molecule is COCCN(Cc1cccn1Cc1cccc(F)c1)C[C@@H](O)COCc1ccccc1. The molecule has 1 heterocycles. The monoisotopic (exact) mass is 426 g/mol. The maximum atomic E-state index is 13.5. The minimum atomic E-state index is -0.604. The average molecular weight is 427 g/mol. The highest BCUT2D eigenvalue weighted by Gasteiger charge is 2.15. The fourth-order valence-corrected chi connectivity index (χ4v) is 3.50. The first-order valence-corrected chi connectivity index (χ1v) is 10.5. The van der Waals surface area contributed by atoms with Gasteiger partial charge in [0.1, 0.15) is 5.82 Å². The second-order valence-corrected chi connectivity index (χ2v) is 7.64. The topological polar surface area (TPSA) is 46.9 Å². The molecular weight excluding hydrogens is 395 g/mol. The summed E-state index contributed by atoms with van der Waals surface area (Å²) in [6.07, 6.45) is 1.39. The Morgan fingerprint density at radius 1 is 1.03 bits per heavy atom. The number of aliphatic hydroxyl groups excluding tert-OH is 1. The number of benzene rings is 2. The number of halogens is 1. The lowest BCUT2D eigenvalue weighted by Gasteiger charge is -2.25. The molecule has 0 saturated carbocycles. The van der Waals surface area contributed by atoms with Crippen molar-refractivity contribution in [1.82, 2.24) is 9.47 Å². The van der Waals surface area contributed by atoms with Crippen molar-refractivity contribution in [1.29, 1.82) is 0 Å². The Hall–Kier alpha value is -2.51. The molecule has 0 aliphatic rings. The van der Waals surface area contributed by atoms with E-state index in [9.17, 15) is 9.50 Å². The highest BCUT2D eigenvalue weighted by Crippen LogP contribution is 2.12. The maximum Gasteiger partial charge on any atom is 0.123 e. The van der Waals surface area contributed by atoms with E-state index < -0.39 is 6.10 Å². The van der Waals surface area contributed by atoms with Crippen molar-refractivity contribution in [2.75, 3.05) is 33.4 Å². The molecule has 5 nitrogen and oxygen atoms in total. The third kappa shape index (κ3) is 7.92. The molecule has 1 atom stereocenters. The van der Waals surface area contributed by atoms with Crippen LogP contribution in [-0.4, -0.2) is 54.1 Å². The Balaban J connectivity index is 1.55. The van der Waals surface area contributed by atoms with E-state index in [4.69, 9.17) is 9.47 Å². The number of ether oxygens (including phenoxy) is 2. The van der Waals surface area contributed by atoms with Gasteiger partial charge in [0.25, 0.3) is 0 Å². The summed E-state index contributed by atoms with van der Waals surface area (Å²) < 4.78 is 26.6. The van der Waals surface area contributed by atoms with E-state index in [-0.39, 0.29) is 12.4 Å². The van der Waals surface area contributed by atoms with Crippen molar-refractivity contribution in [3.05, 3.63) is 95.6 Å². The zero-order chi connectivity index (χ0) is 21.9. The Labute approximate surface area is 183 Å². The maximum absolute atomic E-state index is 13.5. The molecule has 1 aromatic heterocycles. The molecule has 31 heavy (non-hydrogen) atoms. The number of hydrogen-bond donors (Lipinski definition) is 1. The summed E-state index contributed by atoms with van der Waals surface area (Å²) in [7, 11) is 1.67. The summed E-state index contributed by atoms with van der Waals surface area (Å²) in [4.78, 5) is 2.15. The van der Waals surface area contributed by atoms with Gasteiger partial charge in [-0.2, -0.15) is 0 Å². The molecular formula is C25H31FN2O3. The van der Waals surface area contributed by atoms with E-state index in [1.807, 2.05) is 48.7 Å². The van der Waals surface area contributed by atoms with E-state index >= 15 is 0 Å². The van der Waals surface area contributed by atoms with Crippen LogP contribution in [-0.2, 0) is 29.2 Å². The van der Waals surface area contributed by atoms with Gasteiger partial charge in [-0.1, -0.05) is 42.5 Å². The molecule has 166 valence electrons. The number of rotatable bonds is 13. The first-order valence-electron chi connectivity index (χ1n) is 10.5. The third-order valence-corrected chi connectivity index (χ3v) is 5.05. The molecule has 2 aromatic carbocycles. The van der Waals surface area contributed by atoms with Crippen molar-refractivity contribution in [2.24, 2.45) is 0 Å². The zero-order valence-electron chi connectivity index (χ0n) is 18.0. The molecule has 3 aromatic rings. The molecule has 1 N–H and O–H groups in total. The highest BCUT2D eigenvalue weighted by molar-refractivity contribution is 5.19. The van der Waals surface area contributed by atoms with Gasteiger partial charge in [0.2, 0.25) is 0 Å². The van der Waals surface area contributed by atoms with E-state index in [1.165, 1.54) is 6.07 Å². The molecule has 0 unspecified atom stereocenters. The van der Waals surface area contributed by atoms with Crippen LogP contribution >= 0.6 is 0 Å². The lowest BCUT2D eigenvalue weighted by Crippen LogP contribution is -2.37. The molecule has 0 amide bonds. The zero-order valence-corrected chi connectivity index (χ0v) is 18.0. The van der Waals surface area contributed by atoms with Crippen LogP contribution in [0.5, 0.6) is 0 Å². The highest BCUT2D eigenvalue weighted by atomic mass is 19.1. The lowest BCUT2D eigenvalue weighted by atomic mass is 10.2. The first kappa shape index (κ1) is 23.2. The third-order valence-electron chi connectivity index (χ3n) is 5.05. The van der Waals surface area contributed by atoms with Gasteiger partial charge in [-0.25, -0.2) is 4.39 Å². The number of hydrogen-bond acceptors (Lipinski definition) is 4. The van der Waals surface area contributed by atoms with E-state index in [1.54, 1.807) is 19.2 Å². The number of aromatic nitrogens is 1. The van der Waals surface area contributed by atoms with Gasteiger partial charge in [-0.05, 0) is 35.4 Å². The van der Waals surface area contributed by atoms with Gasteiger partial charge in [-0.3, -0.25) is 4.90 Å². The van der Waals surface area contributed by atoms with E-state index in [0.717, 1.165) is 16.8 Å². The van der Waals surface area contributed by atoms with Crippen LogP contribution in [0.1, 0.15) is 16.8 Å². The van der Waals surface area contributed by atoms with Crippen LogP contribution in [0.3, 0.4) is 0 Å². The number of methoxy groups -OCH3 is 1. The minimum Gasteiger partial charge on any atom is -0.389 e. The van der Waals surface area contributed by atoms with Crippen LogP contribution in [0.25, 0.3) is 0 Å². The summed E-state index contributed by atoms with van der Waals surface area (Å²) in [5, 5.41) is 10.5. The molecule has 0 bridgehead atoms. The molecule has 0 fully saturated rings. The summed E-state index contributed by atoms with van der Waals surface area (Å²) in [5.41, 5.74) is 3.09. The largest absolute Gasteiger partial charge is 0.389 e. The molecule has 0 radical (unpaired) electrons. The summed E-state index contributed by atoms with van der Waals surface area (Å²) >= 11 is 0. The number of aliphatic hydroxyl groups is 1. The summed E-state index contributed by atoms with van der Waals surface area (Å²) in [5.74, 6) is -0.230. The molecule has 0 aliphatic heterocycles. The normalized spacial score (nSPS) is 12.4. The van der Waals surface area contributed by atoms with Crippen LogP contribution in [0, 0.1) is 5.82 Å². The van der Waals surface area contributed by atoms with E-state index in [0.29, 0.717) is 39.4 Å². The second-order valence-electron chi connectivity index (χ2n) is 7.64. The van der Waals surface area contributed by atoms with Gasteiger partial charge in [-0.15, -0.1) is 0 Å². The van der Waals surface area contributed by atoms with Crippen molar-refractivity contribution in [3.8, 4) is 0 Å². The Morgan fingerprint density at radius 2 is 1.84 bits per heavy atom. The number of nitrogens with zero attached hydrogens (tertiary/aromatic N) is 2. The van der Waals surface area contributed by atoms with Crippen molar-refractivity contribution >= 4 is 0 Å². The fourth-order valence-electron chi connectivity index (χ4n) is 3.50. The quantitative estimate of drug-likeness (QED) is 0.453. The van der Waals surface area contributed by atoms with Gasteiger partial charge < -0.3 is 19.1 Å². The standard InChI is InChI=1S/C25H31FN2O3/c1-30-14-13-27(18-25(29)20-31-19-21-7-3-2-4-8-21)17-24-11-6-12-28(24)16-22-9-5-10-23(26)15-22/h2-12,15,25,29H,13-14,16-20H2,1H3/t25-/m1/s1. The van der Waals surface area contributed by atoms with Crippen molar-refractivity contribution in [2.45, 2.75) is 25.8 Å².